The molecule has 0 aliphatic carbocycles. The van der Waals surface area contributed by atoms with E-state index in [2.05, 4.69) is 0 Å². The largest absolute Gasteiger partial charge is 0.366 e. The van der Waals surface area contributed by atoms with Gasteiger partial charge in [0.15, 0.2) is 0 Å². The van der Waals surface area contributed by atoms with Crippen LogP contribution in [0.4, 0.5) is 5.69 Å². The molecule has 0 saturated carbocycles. The molecule has 0 fully saturated rings. The lowest BCUT2D eigenvalue weighted by molar-refractivity contribution is -0.116. The zero-order valence-corrected chi connectivity index (χ0v) is 8.15. The zero-order chi connectivity index (χ0) is 10.7. The lowest BCUT2D eigenvalue weighted by atomic mass is 10.1. The Labute approximate surface area is 82.3 Å². The van der Waals surface area contributed by atoms with Crippen molar-refractivity contribution in [3.05, 3.63) is 29.8 Å². The molecule has 1 rings (SSSR count). The van der Waals surface area contributed by atoms with Gasteiger partial charge in [-0.25, -0.2) is 0 Å². The number of hydrogen-bond donors (Lipinski definition) is 1. The van der Waals surface area contributed by atoms with Crippen LogP contribution in [0, 0.1) is 0 Å². The Morgan fingerprint density at radius 2 is 1.86 bits per heavy atom. The number of benzene rings is 1. The van der Waals surface area contributed by atoms with Gasteiger partial charge in [-0.3, -0.25) is 9.59 Å². The van der Waals surface area contributed by atoms with Crippen molar-refractivity contribution < 1.29 is 9.59 Å². The second kappa shape index (κ2) is 3.91. The fourth-order valence-electron chi connectivity index (χ4n) is 1.14. The molecule has 0 aromatic heterocycles. The molecule has 2 N–H and O–H groups in total. The van der Waals surface area contributed by atoms with Gasteiger partial charge < -0.3 is 10.6 Å². The third-order valence-corrected chi connectivity index (χ3v) is 2.00. The Morgan fingerprint density at radius 1 is 1.29 bits per heavy atom. The number of nitrogens with zero attached hydrogens (tertiary/aromatic N) is 1. The maximum absolute atomic E-state index is 11.1. The topological polar surface area (TPSA) is 63.4 Å². The first-order valence-electron chi connectivity index (χ1n) is 4.17. The lowest BCUT2D eigenvalue weighted by Crippen LogP contribution is -2.26. The normalized spacial score (nSPS) is 9.57. The lowest BCUT2D eigenvalue weighted by Gasteiger charge is -2.17. The van der Waals surface area contributed by atoms with Crippen molar-refractivity contribution in [1.29, 1.82) is 0 Å². The molecule has 0 heterocycles. The first kappa shape index (κ1) is 10.2. The summed E-state index contributed by atoms with van der Waals surface area (Å²) in [5, 5.41) is 0. The fourth-order valence-corrected chi connectivity index (χ4v) is 1.14. The predicted molar refractivity (Wildman–Crippen MR) is 54.0 cm³/mol. The third-order valence-electron chi connectivity index (χ3n) is 2.00. The third kappa shape index (κ3) is 1.90. The van der Waals surface area contributed by atoms with Gasteiger partial charge in [0.05, 0.1) is 11.3 Å². The molecule has 14 heavy (non-hydrogen) atoms. The molecule has 0 aliphatic rings. The second-order valence-corrected chi connectivity index (χ2v) is 2.96. The van der Waals surface area contributed by atoms with Crippen LogP contribution in [-0.4, -0.2) is 18.9 Å². The highest BCUT2D eigenvalue weighted by Gasteiger charge is 2.13. The van der Waals surface area contributed by atoms with Crippen molar-refractivity contribution in [2.45, 2.75) is 6.92 Å². The summed E-state index contributed by atoms with van der Waals surface area (Å²) in [5.74, 6) is -0.674. The molecule has 0 radical (unpaired) electrons. The minimum Gasteiger partial charge on any atom is -0.366 e. The average molecular weight is 192 g/mol. The van der Waals surface area contributed by atoms with Crippen molar-refractivity contribution in [3.63, 3.8) is 0 Å². The highest BCUT2D eigenvalue weighted by molar-refractivity contribution is 6.03. The number of primary amides is 1. The monoisotopic (exact) mass is 192 g/mol. The van der Waals surface area contributed by atoms with Crippen LogP contribution in [0.3, 0.4) is 0 Å². The Morgan fingerprint density at radius 3 is 2.36 bits per heavy atom. The summed E-state index contributed by atoms with van der Waals surface area (Å²) < 4.78 is 0. The molecule has 0 spiro atoms. The Hall–Kier alpha value is -1.84. The molecule has 0 unspecified atom stereocenters. The minimum absolute atomic E-state index is 0.140. The van der Waals surface area contributed by atoms with Crippen molar-refractivity contribution in [2.24, 2.45) is 5.73 Å². The van der Waals surface area contributed by atoms with Crippen LogP contribution in [0.25, 0.3) is 0 Å². The molecule has 0 atom stereocenters. The number of carbonyl (C=O) groups excluding carboxylic acids is 2. The number of para-hydroxylation sites is 1. The van der Waals surface area contributed by atoms with Crippen molar-refractivity contribution in [1.82, 2.24) is 0 Å². The standard InChI is InChI=1S/C10H12N2O2/c1-7(13)12(2)9-6-4-3-5-8(9)10(11)14/h3-6H,1-2H3,(H2,11,14). The molecular formula is C10H12N2O2. The van der Waals surface area contributed by atoms with Crippen LogP contribution in [-0.2, 0) is 4.79 Å². The fraction of sp³-hybridized carbons (Fsp3) is 0.200. The van der Waals surface area contributed by atoms with Gasteiger partial charge in [0.1, 0.15) is 0 Å². The Bertz CT molecular complexity index is 374. The van der Waals surface area contributed by atoms with Crippen LogP contribution in [0.15, 0.2) is 24.3 Å². The van der Waals surface area contributed by atoms with E-state index in [0.29, 0.717) is 11.3 Å². The van der Waals surface area contributed by atoms with Crippen LogP contribution in [0.1, 0.15) is 17.3 Å². The van der Waals surface area contributed by atoms with Crippen LogP contribution in [0.2, 0.25) is 0 Å². The maximum Gasteiger partial charge on any atom is 0.250 e. The molecule has 4 nitrogen and oxygen atoms in total. The summed E-state index contributed by atoms with van der Waals surface area (Å²) in [5.41, 5.74) is 6.06. The molecule has 0 aliphatic heterocycles. The summed E-state index contributed by atoms with van der Waals surface area (Å²) in [7, 11) is 1.60. The molecule has 74 valence electrons. The molecule has 2 amide bonds. The van der Waals surface area contributed by atoms with Gasteiger partial charge in [0.2, 0.25) is 5.91 Å². The predicted octanol–water partition coefficient (Wildman–Crippen LogP) is 0.768. The highest BCUT2D eigenvalue weighted by atomic mass is 16.2. The number of hydrogen-bond acceptors (Lipinski definition) is 2. The molecule has 0 bridgehead atoms. The number of anilines is 1. The molecule has 1 aromatic rings. The van der Waals surface area contributed by atoms with Gasteiger partial charge >= 0.3 is 0 Å². The van der Waals surface area contributed by atoms with Gasteiger partial charge in [-0.2, -0.15) is 0 Å². The minimum atomic E-state index is -0.534. The number of nitrogens with two attached hydrogens (primary N) is 1. The quantitative estimate of drug-likeness (QED) is 0.752. The second-order valence-electron chi connectivity index (χ2n) is 2.96. The number of carbonyl (C=O) groups is 2. The molecule has 1 aromatic carbocycles. The zero-order valence-electron chi connectivity index (χ0n) is 8.15. The van der Waals surface area contributed by atoms with E-state index in [1.54, 1.807) is 31.3 Å². The molecular weight excluding hydrogens is 180 g/mol. The number of rotatable bonds is 2. The summed E-state index contributed by atoms with van der Waals surface area (Å²) in [6.45, 7) is 1.43. The number of amides is 2. The summed E-state index contributed by atoms with van der Waals surface area (Å²) >= 11 is 0. The van der Waals surface area contributed by atoms with Gasteiger partial charge in [-0.15, -0.1) is 0 Å². The first-order chi connectivity index (χ1) is 6.54. The van der Waals surface area contributed by atoms with Crippen LogP contribution in [0.5, 0.6) is 0 Å². The molecule has 4 heteroatoms. The van der Waals surface area contributed by atoms with Crippen molar-refractivity contribution in [2.75, 3.05) is 11.9 Å². The van der Waals surface area contributed by atoms with Crippen LogP contribution >= 0.6 is 0 Å². The first-order valence-corrected chi connectivity index (χ1v) is 4.17. The Balaban J connectivity index is 3.19. The van der Waals surface area contributed by atoms with Crippen LogP contribution < -0.4 is 10.6 Å². The maximum atomic E-state index is 11.1. The van der Waals surface area contributed by atoms with E-state index in [0.717, 1.165) is 0 Å². The van der Waals surface area contributed by atoms with E-state index in [1.165, 1.54) is 11.8 Å². The Kier molecular flexibility index (Phi) is 2.86. The van der Waals surface area contributed by atoms with Gasteiger partial charge in [-0.05, 0) is 12.1 Å². The van der Waals surface area contributed by atoms with E-state index < -0.39 is 5.91 Å². The molecule has 0 saturated heterocycles. The van der Waals surface area contributed by atoms with Crippen molar-refractivity contribution >= 4 is 17.5 Å². The van der Waals surface area contributed by atoms with Gasteiger partial charge in [0.25, 0.3) is 5.91 Å². The average Bonchev–Trinajstić information content (AvgIpc) is 2.16. The van der Waals surface area contributed by atoms with E-state index >= 15 is 0 Å². The smallest absolute Gasteiger partial charge is 0.250 e. The highest BCUT2D eigenvalue weighted by Crippen LogP contribution is 2.18. The van der Waals surface area contributed by atoms with Crippen molar-refractivity contribution in [3.8, 4) is 0 Å². The SMILES string of the molecule is CC(=O)N(C)c1ccccc1C(N)=O. The van der Waals surface area contributed by atoms with E-state index in [9.17, 15) is 9.59 Å². The summed E-state index contributed by atoms with van der Waals surface area (Å²) in [6.07, 6.45) is 0. The van der Waals surface area contributed by atoms with Gasteiger partial charge in [-0.1, -0.05) is 12.1 Å². The van der Waals surface area contributed by atoms with Gasteiger partial charge in [0, 0.05) is 14.0 Å². The van der Waals surface area contributed by atoms with E-state index in [4.69, 9.17) is 5.73 Å². The summed E-state index contributed by atoms with van der Waals surface area (Å²) in [6, 6.07) is 6.73. The van der Waals surface area contributed by atoms with E-state index in [1.807, 2.05) is 0 Å². The van der Waals surface area contributed by atoms with E-state index in [-0.39, 0.29) is 5.91 Å². The summed E-state index contributed by atoms with van der Waals surface area (Å²) in [4.78, 5) is 23.5.